The Labute approximate surface area is 118 Å². The van der Waals surface area contributed by atoms with Gasteiger partial charge in [0.05, 0.1) is 11.1 Å². The van der Waals surface area contributed by atoms with E-state index >= 15 is 0 Å². The summed E-state index contributed by atoms with van der Waals surface area (Å²) in [7, 11) is 0. The average molecular weight is 269 g/mol. The smallest absolute Gasteiger partial charge is 0.254 e. The minimum atomic E-state index is -0.178. The number of nitrogens with zero attached hydrogens (tertiary/aromatic N) is 2. The van der Waals surface area contributed by atoms with Gasteiger partial charge in [0.25, 0.3) is 5.91 Å². The van der Waals surface area contributed by atoms with Crippen LogP contribution in [0.15, 0.2) is 36.5 Å². The van der Waals surface area contributed by atoms with Crippen molar-refractivity contribution in [1.29, 1.82) is 0 Å². The highest BCUT2D eigenvalue weighted by Crippen LogP contribution is 2.25. The van der Waals surface area contributed by atoms with Crippen LogP contribution in [-0.2, 0) is 0 Å². The largest absolute Gasteiger partial charge is 0.335 e. The second-order valence-electron chi connectivity index (χ2n) is 5.68. The summed E-state index contributed by atoms with van der Waals surface area (Å²) in [5.41, 5.74) is 7.65. The molecule has 1 aliphatic rings. The Hall–Kier alpha value is -1.94. The van der Waals surface area contributed by atoms with Crippen molar-refractivity contribution in [3.05, 3.63) is 42.1 Å². The predicted octanol–water partition coefficient (Wildman–Crippen LogP) is 2.19. The van der Waals surface area contributed by atoms with Gasteiger partial charge in [-0.05, 0) is 30.7 Å². The summed E-state index contributed by atoms with van der Waals surface area (Å²) in [5, 5.41) is 0.992. The zero-order chi connectivity index (χ0) is 14.2. The standard InChI is InChI=1S/C16H19N3O/c1-2-7-16(17)10-19(11-16)15(20)13-5-6-14-12(9-13)4-3-8-18-14/h3-6,8-9H,2,7,10-11,17H2,1H3. The molecular weight excluding hydrogens is 250 g/mol. The van der Waals surface area contributed by atoms with Crippen LogP contribution in [0.25, 0.3) is 10.9 Å². The molecule has 1 amide bonds. The fourth-order valence-corrected chi connectivity index (χ4v) is 2.90. The molecule has 0 unspecified atom stereocenters. The first-order valence-corrected chi connectivity index (χ1v) is 7.04. The molecule has 2 heterocycles. The van der Waals surface area contributed by atoms with Crippen molar-refractivity contribution in [2.24, 2.45) is 5.73 Å². The highest BCUT2D eigenvalue weighted by Gasteiger charge is 2.41. The van der Waals surface area contributed by atoms with Gasteiger partial charge in [0.2, 0.25) is 0 Å². The Morgan fingerprint density at radius 3 is 2.95 bits per heavy atom. The summed E-state index contributed by atoms with van der Waals surface area (Å²) in [6, 6.07) is 9.49. The Morgan fingerprint density at radius 1 is 1.40 bits per heavy atom. The Balaban J connectivity index is 1.77. The summed E-state index contributed by atoms with van der Waals surface area (Å²) in [4.78, 5) is 18.5. The topological polar surface area (TPSA) is 59.2 Å². The Morgan fingerprint density at radius 2 is 2.20 bits per heavy atom. The normalized spacial score (nSPS) is 17.0. The second-order valence-corrected chi connectivity index (χ2v) is 5.68. The molecule has 4 nitrogen and oxygen atoms in total. The van der Waals surface area contributed by atoms with Gasteiger partial charge in [-0.3, -0.25) is 9.78 Å². The van der Waals surface area contributed by atoms with Crippen LogP contribution in [0.1, 0.15) is 30.1 Å². The van der Waals surface area contributed by atoms with E-state index in [9.17, 15) is 4.79 Å². The highest BCUT2D eigenvalue weighted by atomic mass is 16.2. The first kappa shape index (κ1) is 13.1. The number of fused-ring (bicyclic) bond motifs is 1. The van der Waals surface area contributed by atoms with Gasteiger partial charge < -0.3 is 10.6 Å². The third kappa shape index (κ3) is 2.27. The van der Waals surface area contributed by atoms with E-state index in [1.165, 1.54) is 0 Å². The molecule has 0 spiro atoms. The molecule has 2 aromatic rings. The molecule has 2 N–H and O–H groups in total. The minimum Gasteiger partial charge on any atom is -0.335 e. The molecule has 1 fully saturated rings. The lowest BCUT2D eigenvalue weighted by Gasteiger charge is -2.47. The van der Waals surface area contributed by atoms with E-state index in [-0.39, 0.29) is 11.4 Å². The maximum Gasteiger partial charge on any atom is 0.254 e. The number of likely N-dealkylation sites (tertiary alicyclic amines) is 1. The molecule has 20 heavy (non-hydrogen) atoms. The average Bonchev–Trinajstić information content (AvgIpc) is 2.43. The van der Waals surface area contributed by atoms with Crippen molar-refractivity contribution < 1.29 is 4.79 Å². The monoisotopic (exact) mass is 269 g/mol. The number of rotatable bonds is 3. The lowest BCUT2D eigenvalue weighted by atomic mass is 9.86. The van der Waals surface area contributed by atoms with Crippen LogP contribution in [0.4, 0.5) is 0 Å². The van der Waals surface area contributed by atoms with Gasteiger partial charge in [-0.1, -0.05) is 19.4 Å². The number of benzene rings is 1. The first-order chi connectivity index (χ1) is 9.61. The molecule has 1 saturated heterocycles. The van der Waals surface area contributed by atoms with Crippen LogP contribution < -0.4 is 5.73 Å². The molecule has 0 aliphatic carbocycles. The molecule has 1 aromatic carbocycles. The van der Waals surface area contributed by atoms with Gasteiger partial charge in [0, 0.05) is 30.2 Å². The number of amides is 1. The highest BCUT2D eigenvalue weighted by molar-refractivity contribution is 5.98. The second kappa shape index (κ2) is 4.87. The fraction of sp³-hybridized carbons (Fsp3) is 0.375. The van der Waals surface area contributed by atoms with Crippen molar-refractivity contribution >= 4 is 16.8 Å². The van der Waals surface area contributed by atoms with Crippen LogP contribution in [0.5, 0.6) is 0 Å². The summed E-state index contributed by atoms with van der Waals surface area (Å²) < 4.78 is 0. The number of pyridine rings is 1. The lowest BCUT2D eigenvalue weighted by molar-refractivity contribution is 0.0386. The number of nitrogens with two attached hydrogens (primary N) is 1. The van der Waals surface area contributed by atoms with Crippen LogP contribution in [-0.4, -0.2) is 34.4 Å². The number of aromatic nitrogens is 1. The molecule has 0 atom stereocenters. The van der Waals surface area contributed by atoms with Gasteiger partial charge in [-0.2, -0.15) is 0 Å². The van der Waals surface area contributed by atoms with E-state index in [0.29, 0.717) is 18.7 Å². The minimum absolute atomic E-state index is 0.0629. The van der Waals surface area contributed by atoms with Crippen LogP contribution in [0.3, 0.4) is 0 Å². The number of carbonyl (C=O) groups excluding carboxylic acids is 1. The van der Waals surface area contributed by atoms with Gasteiger partial charge in [0.15, 0.2) is 0 Å². The fourth-order valence-electron chi connectivity index (χ4n) is 2.90. The molecule has 104 valence electrons. The SMILES string of the molecule is CCCC1(N)CN(C(=O)c2ccc3ncccc3c2)C1. The van der Waals surface area contributed by atoms with Crippen LogP contribution in [0.2, 0.25) is 0 Å². The quantitative estimate of drug-likeness (QED) is 0.929. The summed E-state index contributed by atoms with van der Waals surface area (Å²) in [5.74, 6) is 0.0629. The Kier molecular flexibility index (Phi) is 3.18. The zero-order valence-corrected chi connectivity index (χ0v) is 11.7. The molecule has 1 aliphatic heterocycles. The zero-order valence-electron chi connectivity index (χ0n) is 11.7. The van der Waals surface area contributed by atoms with Crippen molar-refractivity contribution in [2.75, 3.05) is 13.1 Å². The number of carbonyl (C=O) groups is 1. The van der Waals surface area contributed by atoms with Crippen LogP contribution in [0, 0.1) is 0 Å². The summed E-state index contributed by atoms with van der Waals surface area (Å²) in [6.07, 6.45) is 3.78. The maximum absolute atomic E-state index is 12.4. The lowest BCUT2D eigenvalue weighted by Crippen LogP contribution is -2.68. The van der Waals surface area contributed by atoms with Crippen molar-refractivity contribution in [2.45, 2.75) is 25.3 Å². The molecule has 0 radical (unpaired) electrons. The van der Waals surface area contributed by atoms with E-state index < -0.39 is 0 Å². The molecule has 1 aromatic heterocycles. The van der Waals surface area contributed by atoms with Gasteiger partial charge >= 0.3 is 0 Å². The molecule has 4 heteroatoms. The molecule has 0 saturated carbocycles. The van der Waals surface area contributed by atoms with Crippen molar-refractivity contribution in [3.8, 4) is 0 Å². The van der Waals surface area contributed by atoms with E-state index in [0.717, 1.165) is 23.7 Å². The van der Waals surface area contributed by atoms with Gasteiger partial charge in [-0.15, -0.1) is 0 Å². The third-order valence-electron chi connectivity index (χ3n) is 3.90. The van der Waals surface area contributed by atoms with Crippen molar-refractivity contribution in [1.82, 2.24) is 9.88 Å². The van der Waals surface area contributed by atoms with Crippen molar-refractivity contribution in [3.63, 3.8) is 0 Å². The van der Waals surface area contributed by atoms with Gasteiger partial charge in [-0.25, -0.2) is 0 Å². The first-order valence-electron chi connectivity index (χ1n) is 7.04. The van der Waals surface area contributed by atoms with E-state index in [4.69, 9.17) is 5.73 Å². The summed E-state index contributed by atoms with van der Waals surface area (Å²) >= 11 is 0. The number of hydrogen-bond acceptors (Lipinski definition) is 3. The van der Waals surface area contributed by atoms with E-state index in [1.807, 2.05) is 35.2 Å². The maximum atomic E-state index is 12.4. The molecule has 0 bridgehead atoms. The predicted molar refractivity (Wildman–Crippen MR) is 79.5 cm³/mol. The van der Waals surface area contributed by atoms with E-state index in [1.54, 1.807) is 6.20 Å². The number of hydrogen-bond donors (Lipinski definition) is 1. The van der Waals surface area contributed by atoms with E-state index in [2.05, 4.69) is 11.9 Å². The third-order valence-corrected chi connectivity index (χ3v) is 3.90. The Bertz CT molecular complexity index is 647. The summed E-state index contributed by atoms with van der Waals surface area (Å²) in [6.45, 7) is 3.44. The van der Waals surface area contributed by atoms with Gasteiger partial charge in [0.1, 0.15) is 0 Å². The molecular formula is C16H19N3O. The van der Waals surface area contributed by atoms with Crippen LogP contribution >= 0.6 is 0 Å². The molecule has 3 rings (SSSR count).